The first kappa shape index (κ1) is 19.3. The second-order valence-corrected chi connectivity index (χ2v) is 6.20. The maximum absolute atomic E-state index is 12.6. The molecule has 26 heavy (non-hydrogen) atoms. The summed E-state index contributed by atoms with van der Waals surface area (Å²) in [4.78, 5) is 12.6. The van der Waals surface area contributed by atoms with Crippen LogP contribution in [0.15, 0.2) is 28.2 Å². The molecule has 1 heterocycles. The Balaban J connectivity index is 2.45. The zero-order valence-corrected chi connectivity index (χ0v) is 16.1. The summed E-state index contributed by atoms with van der Waals surface area (Å²) in [6.45, 7) is 3.62. The fourth-order valence-electron chi connectivity index (χ4n) is 2.33. The van der Waals surface area contributed by atoms with Crippen LogP contribution in [0.25, 0.3) is 6.08 Å². The van der Waals surface area contributed by atoms with E-state index in [4.69, 9.17) is 15.9 Å². The first-order chi connectivity index (χ1) is 12.4. The third kappa shape index (κ3) is 4.14. The number of nitriles is 1. The molecule has 0 fully saturated rings. The summed E-state index contributed by atoms with van der Waals surface area (Å²) in [5.74, 6) is 2.76. The Hall–Kier alpha value is -3.03. The topological polar surface area (TPSA) is 77.1 Å². The van der Waals surface area contributed by atoms with Gasteiger partial charge in [0, 0.05) is 5.69 Å². The van der Waals surface area contributed by atoms with Crippen LogP contribution in [0.2, 0.25) is 0 Å². The second-order valence-electron chi connectivity index (χ2n) is 5.34. The molecule has 0 N–H and O–H groups in total. The summed E-state index contributed by atoms with van der Waals surface area (Å²) >= 11 is 3.39. The van der Waals surface area contributed by atoms with Crippen molar-refractivity contribution in [1.82, 2.24) is 9.78 Å². The van der Waals surface area contributed by atoms with Crippen LogP contribution in [0, 0.1) is 37.5 Å². The predicted octanol–water partition coefficient (Wildman–Crippen LogP) is 3.53. The summed E-state index contributed by atoms with van der Waals surface area (Å²) in [5.41, 5.74) is 1.90. The number of benzene rings is 1. The van der Waals surface area contributed by atoms with Crippen molar-refractivity contribution in [3.8, 4) is 29.9 Å². The van der Waals surface area contributed by atoms with Crippen LogP contribution in [-0.4, -0.2) is 29.4 Å². The van der Waals surface area contributed by atoms with E-state index in [0.717, 1.165) is 0 Å². The number of ether oxygens (including phenoxy) is 2. The van der Waals surface area contributed by atoms with Gasteiger partial charge in [-0.15, -0.1) is 6.42 Å². The number of nitrogens with zero attached hydrogens (tertiary/aromatic N) is 3. The van der Waals surface area contributed by atoms with Gasteiger partial charge in [0.2, 0.25) is 0 Å². The van der Waals surface area contributed by atoms with Crippen LogP contribution in [0.1, 0.15) is 21.7 Å². The van der Waals surface area contributed by atoms with E-state index in [1.807, 2.05) is 6.07 Å². The minimum atomic E-state index is -0.499. The number of hydrogen-bond donors (Lipinski definition) is 0. The molecule has 0 saturated heterocycles. The molecule has 6 nitrogen and oxygen atoms in total. The van der Waals surface area contributed by atoms with Crippen molar-refractivity contribution < 1.29 is 14.3 Å². The van der Waals surface area contributed by atoms with Gasteiger partial charge in [0.1, 0.15) is 18.2 Å². The average Bonchev–Trinajstić information content (AvgIpc) is 2.95. The maximum Gasteiger partial charge on any atom is 0.289 e. The number of aryl methyl sites for hydroxylation is 2. The summed E-state index contributed by atoms with van der Waals surface area (Å²) in [6.07, 6.45) is 6.68. The molecule has 0 atom stereocenters. The molecule has 2 rings (SSSR count). The van der Waals surface area contributed by atoms with Crippen molar-refractivity contribution >= 4 is 27.9 Å². The van der Waals surface area contributed by atoms with Gasteiger partial charge >= 0.3 is 0 Å². The second kappa shape index (κ2) is 8.37. The summed E-state index contributed by atoms with van der Waals surface area (Å²) in [5, 5.41) is 13.5. The van der Waals surface area contributed by atoms with Crippen LogP contribution in [0.3, 0.4) is 0 Å². The number of carbonyl (C=O) groups excluding carboxylic acids is 1. The largest absolute Gasteiger partial charge is 0.493 e. The van der Waals surface area contributed by atoms with Crippen molar-refractivity contribution in [2.24, 2.45) is 0 Å². The molecule has 1 aromatic heterocycles. The normalized spacial score (nSPS) is 10.8. The highest BCUT2D eigenvalue weighted by Gasteiger charge is 2.17. The van der Waals surface area contributed by atoms with E-state index in [0.29, 0.717) is 32.9 Å². The Morgan fingerprint density at radius 2 is 2.15 bits per heavy atom. The minimum absolute atomic E-state index is 0.0533. The molecule has 1 aromatic carbocycles. The van der Waals surface area contributed by atoms with Crippen molar-refractivity contribution in [3.63, 3.8) is 0 Å². The van der Waals surface area contributed by atoms with E-state index in [1.54, 1.807) is 32.0 Å². The molecule has 132 valence electrons. The molecule has 0 amide bonds. The number of hydrogen-bond acceptors (Lipinski definition) is 5. The molecule has 0 spiro atoms. The minimum Gasteiger partial charge on any atom is -0.493 e. The Kier molecular flexibility index (Phi) is 6.21. The van der Waals surface area contributed by atoms with E-state index in [1.165, 1.54) is 17.9 Å². The van der Waals surface area contributed by atoms with Gasteiger partial charge < -0.3 is 9.47 Å². The Morgan fingerprint density at radius 1 is 1.42 bits per heavy atom. The lowest BCUT2D eigenvalue weighted by Gasteiger charge is -2.12. The molecule has 0 aliphatic rings. The lowest BCUT2D eigenvalue weighted by atomic mass is 10.1. The maximum atomic E-state index is 12.6. The Labute approximate surface area is 160 Å². The number of halogens is 1. The quantitative estimate of drug-likeness (QED) is 0.425. The highest BCUT2D eigenvalue weighted by molar-refractivity contribution is 9.10. The lowest BCUT2D eigenvalue weighted by molar-refractivity contribution is 0.0943. The first-order valence-electron chi connectivity index (χ1n) is 7.54. The van der Waals surface area contributed by atoms with Gasteiger partial charge in [-0.3, -0.25) is 4.79 Å². The zero-order valence-electron chi connectivity index (χ0n) is 14.5. The molecule has 0 aliphatic carbocycles. The molecule has 0 bridgehead atoms. The van der Waals surface area contributed by atoms with Crippen molar-refractivity contribution in [2.45, 2.75) is 13.8 Å². The van der Waals surface area contributed by atoms with E-state index < -0.39 is 5.91 Å². The third-order valence-corrected chi connectivity index (χ3v) is 4.00. The molecule has 0 aliphatic heterocycles. The fourth-order valence-corrected chi connectivity index (χ4v) is 2.91. The number of aromatic nitrogens is 2. The van der Waals surface area contributed by atoms with Gasteiger partial charge in [-0.25, -0.2) is 4.68 Å². The first-order valence-corrected chi connectivity index (χ1v) is 8.34. The molecular weight excluding hydrogens is 398 g/mol. The van der Waals surface area contributed by atoms with E-state index >= 15 is 0 Å². The standard InChI is InChI=1S/C19H16BrN3O3/c1-5-6-26-18-16(20)9-14(10-17(18)25-4)8-15(11-21)19(24)23-13(3)7-12(2)22-23/h1,7-10H,6H2,2-4H3/b15-8+. The number of rotatable bonds is 5. The summed E-state index contributed by atoms with van der Waals surface area (Å²) in [6, 6.07) is 7.06. The van der Waals surface area contributed by atoms with Crippen molar-refractivity contribution in [1.29, 1.82) is 5.26 Å². The van der Waals surface area contributed by atoms with Crippen molar-refractivity contribution in [3.05, 3.63) is 45.2 Å². The Morgan fingerprint density at radius 3 is 2.69 bits per heavy atom. The van der Waals surface area contributed by atoms with Gasteiger partial charge in [-0.05, 0) is 59.6 Å². The lowest BCUT2D eigenvalue weighted by Crippen LogP contribution is -2.15. The molecular formula is C19H16BrN3O3. The van der Waals surface area contributed by atoms with E-state index in [2.05, 4.69) is 26.9 Å². The number of terminal acetylenes is 1. The van der Waals surface area contributed by atoms with Crippen LogP contribution >= 0.6 is 15.9 Å². The third-order valence-electron chi connectivity index (χ3n) is 3.42. The van der Waals surface area contributed by atoms with Crippen LogP contribution in [-0.2, 0) is 0 Å². The van der Waals surface area contributed by atoms with Gasteiger partial charge in [-0.1, -0.05) is 5.92 Å². The van der Waals surface area contributed by atoms with Gasteiger partial charge in [0.05, 0.1) is 17.3 Å². The van der Waals surface area contributed by atoms with E-state index in [9.17, 15) is 10.1 Å². The number of allylic oxidation sites excluding steroid dienone is 1. The predicted molar refractivity (Wildman–Crippen MR) is 101 cm³/mol. The van der Waals surface area contributed by atoms with E-state index in [-0.39, 0.29) is 12.2 Å². The SMILES string of the molecule is C#CCOc1c(Br)cc(/C=C(\C#N)C(=O)n2nc(C)cc2C)cc1OC. The molecule has 7 heteroatoms. The molecule has 2 aromatic rings. The molecule has 0 unspecified atom stereocenters. The zero-order chi connectivity index (χ0) is 19.3. The van der Waals surface area contributed by atoms with Crippen LogP contribution in [0.4, 0.5) is 0 Å². The smallest absolute Gasteiger partial charge is 0.289 e. The van der Waals surface area contributed by atoms with Gasteiger partial charge in [0.15, 0.2) is 11.5 Å². The molecule has 0 saturated carbocycles. The highest BCUT2D eigenvalue weighted by atomic mass is 79.9. The number of methoxy groups -OCH3 is 1. The van der Waals surface area contributed by atoms with Crippen molar-refractivity contribution in [2.75, 3.05) is 13.7 Å². The molecule has 0 radical (unpaired) electrons. The van der Waals surface area contributed by atoms with Gasteiger partial charge in [-0.2, -0.15) is 10.4 Å². The number of carbonyl (C=O) groups is 1. The summed E-state index contributed by atoms with van der Waals surface area (Å²) < 4.78 is 12.6. The highest BCUT2D eigenvalue weighted by Crippen LogP contribution is 2.37. The summed E-state index contributed by atoms with van der Waals surface area (Å²) in [7, 11) is 1.49. The van der Waals surface area contributed by atoms with Crippen LogP contribution < -0.4 is 9.47 Å². The average molecular weight is 414 g/mol. The van der Waals surface area contributed by atoms with Gasteiger partial charge in [0.25, 0.3) is 5.91 Å². The van der Waals surface area contributed by atoms with Crippen LogP contribution in [0.5, 0.6) is 11.5 Å². The monoisotopic (exact) mass is 413 g/mol. The fraction of sp³-hybridized carbons (Fsp3) is 0.211. The Bertz CT molecular complexity index is 962.